The van der Waals surface area contributed by atoms with Crippen LogP contribution in [0, 0.1) is 10.5 Å². The smallest absolute Gasteiger partial charge is 0.251 e. The van der Waals surface area contributed by atoms with Crippen molar-refractivity contribution < 1.29 is 8.78 Å². The summed E-state index contributed by atoms with van der Waals surface area (Å²) in [7, 11) is 0. The van der Waals surface area contributed by atoms with Crippen LogP contribution in [0.3, 0.4) is 0 Å². The van der Waals surface area contributed by atoms with Crippen molar-refractivity contribution in [3.05, 3.63) is 26.0 Å². The van der Waals surface area contributed by atoms with Gasteiger partial charge < -0.3 is 0 Å². The molecule has 0 amide bonds. The molecule has 0 unspecified atom stereocenters. The van der Waals surface area contributed by atoms with E-state index >= 15 is 0 Å². The number of halogens is 4. The van der Waals surface area contributed by atoms with Gasteiger partial charge in [-0.2, -0.15) is 0 Å². The van der Waals surface area contributed by atoms with E-state index in [0.717, 1.165) is 3.57 Å². The number of nitrogens with zero attached hydrogens (tertiary/aromatic N) is 1. The summed E-state index contributed by atoms with van der Waals surface area (Å²) in [5, 5.41) is 0.332. The molecule has 0 bridgehead atoms. The summed E-state index contributed by atoms with van der Waals surface area (Å²) in [6, 6.07) is 1.20. The van der Waals surface area contributed by atoms with Gasteiger partial charge >= 0.3 is 0 Å². The molecule has 0 saturated carbocycles. The molecule has 0 aromatic carbocycles. The van der Waals surface area contributed by atoms with E-state index in [-0.39, 0.29) is 5.69 Å². The summed E-state index contributed by atoms with van der Waals surface area (Å²) in [6.07, 6.45) is -2.56. The molecule has 0 radical (unpaired) electrons. The van der Waals surface area contributed by atoms with Gasteiger partial charge in [0, 0.05) is 0 Å². The Kier molecular flexibility index (Phi) is 3.22. The largest absolute Gasteiger partial charge is 0.280 e. The molecule has 1 aromatic rings. The van der Waals surface area contributed by atoms with Crippen LogP contribution in [0.25, 0.3) is 0 Å². The van der Waals surface area contributed by atoms with Crippen LogP contribution in [0.1, 0.15) is 17.8 Å². The topological polar surface area (TPSA) is 12.9 Å². The molecule has 66 valence electrons. The minimum Gasteiger partial charge on any atom is -0.251 e. The third-order valence-electron chi connectivity index (χ3n) is 1.32. The molecule has 0 aliphatic carbocycles. The zero-order chi connectivity index (χ0) is 9.30. The molecule has 12 heavy (non-hydrogen) atoms. The van der Waals surface area contributed by atoms with Gasteiger partial charge in [-0.1, -0.05) is 11.6 Å². The molecular weight excluding hydrogens is 298 g/mol. The van der Waals surface area contributed by atoms with Crippen molar-refractivity contribution in [1.29, 1.82) is 0 Å². The molecule has 0 aliphatic heterocycles. The zero-order valence-corrected chi connectivity index (χ0v) is 9.03. The summed E-state index contributed by atoms with van der Waals surface area (Å²) < 4.78 is 25.0. The van der Waals surface area contributed by atoms with Crippen LogP contribution in [-0.4, -0.2) is 4.98 Å². The lowest BCUT2D eigenvalue weighted by molar-refractivity contribution is 0.146. The monoisotopic (exact) mass is 303 g/mol. The first-order valence-corrected chi connectivity index (χ1v) is 4.58. The van der Waals surface area contributed by atoms with Gasteiger partial charge in [-0.25, -0.2) is 8.78 Å². The number of hydrogen-bond acceptors (Lipinski definition) is 1. The Morgan fingerprint density at radius 2 is 2.17 bits per heavy atom. The van der Waals surface area contributed by atoms with Crippen molar-refractivity contribution in [3.63, 3.8) is 0 Å². The van der Waals surface area contributed by atoms with Gasteiger partial charge in [-0.3, -0.25) is 4.98 Å². The zero-order valence-electron chi connectivity index (χ0n) is 6.11. The molecule has 1 heterocycles. The van der Waals surface area contributed by atoms with Crippen molar-refractivity contribution in [2.45, 2.75) is 13.3 Å². The second kappa shape index (κ2) is 3.83. The van der Waals surface area contributed by atoms with E-state index in [1.54, 1.807) is 6.92 Å². The van der Waals surface area contributed by atoms with Crippen molar-refractivity contribution in [2.75, 3.05) is 0 Å². The molecule has 0 spiro atoms. The normalized spacial score (nSPS) is 10.8. The van der Waals surface area contributed by atoms with Crippen LogP contribution in [-0.2, 0) is 0 Å². The van der Waals surface area contributed by atoms with Crippen LogP contribution in [0.5, 0.6) is 0 Å². The molecule has 0 aliphatic rings. The maximum atomic E-state index is 12.1. The van der Waals surface area contributed by atoms with Gasteiger partial charge in [0.05, 0.1) is 14.3 Å². The quantitative estimate of drug-likeness (QED) is 0.723. The van der Waals surface area contributed by atoms with Crippen molar-refractivity contribution in [3.8, 4) is 0 Å². The predicted octanol–water partition coefficient (Wildman–Crippen LogP) is 3.59. The summed E-state index contributed by atoms with van der Waals surface area (Å²) in [5.74, 6) is 0. The Balaban J connectivity index is 3.21. The number of aryl methyl sites for hydroxylation is 1. The highest BCUT2D eigenvalue weighted by atomic mass is 127. The number of rotatable bonds is 1. The Bertz CT molecular complexity index is 280. The number of alkyl halides is 2. The van der Waals surface area contributed by atoms with Gasteiger partial charge in [-0.15, -0.1) is 0 Å². The highest BCUT2D eigenvalue weighted by molar-refractivity contribution is 14.1. The van der Waals surface area contributed by atoms with E-state index in [1.165, 1.54) is 6.07 Å². The fourth-order valence-electron chi connectivity index (χ4n) is 0.753. The summed E-state index contributed by atoms with van der Waals surface area (Å²) in [6.45, 7) is 1.65. The molecule has 1 nitrogen and oxygen atoms in total. The molecule has 5 heteroatoms. The lowest BCUT2D eigenvalue weighted by atomic mass is 10.3. The summed E-state index contributed by atoms with van der Waals surface area (Å²) in [4.78, 5) is 3.69. The molecule has 0 saturated heterocycles. The molecule has 1 rings (SSSR count). The van der Waals surface area contributed by atoms with Crippen LogP contribution < -0.4 is 0 Å². The van der Waals surface area contributed by atoms with Gasteiger partial charge in [0.1, 0.15) is 5.69 Å². The fourth-order valence-corrected chi connectivity index (χ4v) is 1.28. The SMILES string of the molecule is Cc1nc(C(F)F)cc(Cl)c1I. The minimum atomic E-state index is -2.56. The van der Waals surface area contributed by atoms with Gasteiger partial charge in [0.15, 0.2) is 0 Å². The third kappa shape index (κ3) is 2.04. The average molecular weight is 303 g/mol. The first kappa shape index (κ1) is 10.1. The van der Waals surface area contributed by atoms with Crippen LogP contribution in [0.2, 0.25) is 5.02 Å². The first-order valence-electron chi connectivity index (χ1n) is 3.13. The van der Waals surface area contributed by atoms with E-state index in [9.17, 15) is 8.78 Å². The standard InChI is InChI=1S/C7H5ClF2IN/c1-3-6(11)4(8)2-5(12-3)7(9)10/h2,7H,1H3. The Morgan fingerprint density at radius 3 is 2.58 bits per heavy atom. The van der Waals surface area contributed by atoms with Crippen LogP contribution in [0.15, 0.2) is 6.07 Å². The van der Waals surface area contributed by atoms with E-state index in [2.05, 4.69) is 4.98 Å². The summed E-state index contributed by atoms with van der Waals surface area (Å²) >= 11 is 7.65. The van der Waals surface area contributed by atoms with Crippen LogP contribution >= 0.6 is 34.2 Å². The fraction of sp³-hybridized carbons (Fsp3) is 0.286. The average Bonchev–Trinajstić information content (AvgIpc) is 1.99. The van der Waals surface area contributed by atoms with E-state index in [1.807, 2.05) is 22.6 Å². The summed E-state index contributed by atoms with van der Waals surface area (Å²) in [5.41, 5.74) is 0.274. The lowest BCUT2D eigenvalue weighted by Crippen LogP contribution is -1.95. The van der Waals surface area contributed by atoms with Crippen LogP contribution in [0.4, 0.5) is 8.78 Å². The highest BCUT2D eigenvalue weighted by Gasteiger charge is 2.12. The maximum absolute atomic E-state index is 12.1. The van der Waals surface area contributed by atoms with E-state index in [0.29, 0.717) is 10.7 Å². The number of hydrogen-bond donors (Lipinski definition) is 0. The minimum absolute atomic E-state index is 0.266. The van der Waals surface area contributed by atoms with Crippen molar-refractivity contribution in [1.82, 2.24) is 4.98 Å². The lowest BCUT2D eigenvalue weighted by Gasteiger charge is -2.04. The Hall–Kier alpha value is 0.0300. The third-order valence-corrected chi connectivity index (χ3v) is 3.30. The van der Waals surface area contributed by atoms with E-state index < -0.39 is 6.43 Å². The second-order valence-corrected chi connectivity index (χ2v) is 3.71. The van der Waals surface area contributed by atoms with Gasteiger partial charge in [0.25, 0.3) is 6.43 Å². The van der Waals surface area contributed by atoms with Crippen molar-refractivity contribution >= 4 is 34.2 Å². The van der Waals surface area contributed by atoms with E-state index in [4.69, 9.17) is 11.6 Å². The molecule has 0 fully saturated rings. The molecule has 1 aromatic heterocycles. The molecule has 0 atom stereocenters. The van der Waals surface area contributed by atoms with Crippen molar-refractivity contribution in [2.24, 2.45) is 0 Å². The Labute approximate surface area is 87.3 Å². The van der Waals surface area contributed by atoms with Gasteiger partial charge in [-0.05, 0) is 35.6 Å². The molecule has 0 N–H and O–H groups in total. The Morgan fingerprint density at radius 1 is 1.58 bits per heavy atom. The number of aromatic nitrogens is 1. The maximum Gasteiger partial charge on any atom is 0.280 e. The first-order chi connectivity index (χ1) is 5.52. The van der Waals surface area contributed by atoms with Gasteiger partial charge in [0.2, 0.25) is 0 Å². The predicted molar refractivity (Wildman–Crippen MR) is 51.7 cm³/mol. The molecular formula is C7H5ClF2IN. The highest BCUT2D eigenvalue weighted by Crippen LogP contribution is 2.25. The number of pyridine rings is 1. The second-order valence-electron chi connectivity index (χ2n) is 2.23.